The standard InChI is InChI=1S/C12H15ClFNO2/c1-2-15(6-5-12(16)17)8-9-7-10(13)3-4-11(9)14/h3-4,7H,2,5-6,8H2,1H3,(H,16,17). The molecule has 0 unspecified atom stereocenters. The van der Waals surface area contributed by atoms with Crippen LogP contribution in [0.3, 0.4) is 0 Å². The van der Waals surface area contributed by atoms with Crippen LogP contribution in [0, 0.1) is 5.82 Å². The number of carboxylic acid groups (broad SMARTS) is 1. The largest absolute Gasteiger partial charge is 0.481 e. The van der Waals surface area contributed by atoms with E-state index in [0.29, 0.717) is 30.2 Å². The minimum atomic E-state index is -0.852. The number of benzene rings is 1. The number of halogens is 2. The fourth-order valence-corrected chi connectivity index (χ4v) is 1.70. The molecule has 3 nitrogen and oxygen atoms in total. The zero-order valence-electron chi connectivity index (χ0n) is 9.62. The average molecular weight is 260 g/mol. The Morgan fingerprint density at radius 2 is 2.24 bits per heavy atom. The monoisotopic (exact) mass is 259 g/mol. The predicted molar refractivity (Wildman–Crippen MR) is 64.6 cm³/mol. The van der Waals surface area contributed by atoms with Gasteiger partial charge in [0.25, 0.3) is 0 Å². The maximum Gasteiger partial charge on any atom is 0.304 e. The number of carboxylic acids is 1. The average Bonchev–Trinajstić information content (AvgIpc) is 2.28. The molecule has 0 saturated carbocycles. The van der Waals surface area contributed by atoms with Gasteiger partial charge in [-0.3, -0.25) is 9.69 Å². The first-order valence-electron chi connectivity index (χ1n) is 5.41. The molecule has 0 aliphatic rings. The molecule has 0 spiro atoms. The first-order chi connectivity index (χ1) is 8.02. The minimum absolute atomic E-state index is 0.0516. The summed E-state index contributed by atoms with van der Waals surface area (Å²) >= 11 is 5.79. The number of aliphatic carboxylic acids is 1. The molecule has 0 fully saturated rings. The molecular weight excluding hydrogens is 245 g/mol. The van der Waals surface area contributed by atoms with Crippen LogP contribution < -0.4 is 0 Å². The van der Waals surface area contributed by atoms with Crippen molar-refractivity contribution >= 4 is 17.6 Å². The lowest BCUT2D eigenvalue weighted by molar-refractivity contribution is -0.137. The third kappa shape index (κ3) is 4.71. The van der Waals surface area contributed by atoms with Crippen molar-refractivity contribution in [3.8, 4) is 0 Å². The van der Waals surface area contributed by atoms with Crippen LogP contribution in [0.2, 0.25) is 5.02 Å². The molecule has 94 valence electrons. The van der Waals surface area contributed by atoms with Gasteiger partial charge in [-0.15, -0.1) is 0 Å². The molecule has 0 amide bonds. The molecule has 0 saturated heterocycles. The second-order valence-corrected chi connectivity index (χ2v) is 4.18. The van der Waals surface area contributed by atoms with Gasteiger partial charge in [0.05, 0.1) is 6.42 Å². The predicted octanol–water partition coefficient (Wildman–Crippen LogP) is 2.78. The molecule has 0 aromatic heterocycles. The van der Waals surface area contributed by atoms with Gasteiger partial charge in [-0.25, -0.2) is 4.39 Å². The summed E-state index contributed by atoms with van der Waals surface area (Å²) in [7, 11) is 0. The van der Waals surface area contributed by atoms with Crippen LogP contribution in [0.25, 0.3) is 0 Å². The lowest BCUT2D eigenvalue weighted by Crippen LogP contribution is -2.26. The fraction of sp³-hybridized carbons (Fsp3) is 0.417. The third-order valence-electron chi connectivity index (χ3n) is 2.49. The Labute approximate surface area is 105 Å². The highest BCUT2D eigenvalue weighted by Crippen LogP contribution is 2.16. The first-order valence-corrected chi connectivity index (χ1v) is 5.78. The van der Waals surface area contributed by atoms with E-state index in [9.17, 15) is 9.18 Å². The Bertz CT molecular complexity index is 398. The summed E-state index contributed by atoms with van der Waals surface area (Å²) in [6.45, 7) is 3.34. The van der Waals surface area contributed by atoms with Crippen molar-refractivity contribution < 1.29 is 14.3 Å². The van der Waals surface area contributed by atoms with E-state index in [1.807, 2.05) is 11.8 Å². The third-order valence-corrected chi connectivity index (χ3v) is 2.73. The zero-order chi connectivity index (χ0) is 12.8. The number of hydrogen-bond acceptors (Lipinski definition) is 2. The topological polar surface area (TPSA) is 40.5 Å². The van der Waals surface area contributed by atoms with Crippen LogP contribution in [0.5, 0.6) is 0 Å². The van der Waals surface area contributed by atoms with Crippen molar-refractivity contribution in [3.05, 3.63) is 34.6 Å². The van der Waals surface area contributed by atoms with Gasteiger partial charge in [0.15, 0.2) is 0 Å². The van der Waals surface area contributed by atoms with E-state index in [4.69, 9.17) is 16.7 Å². The lowest BCUT2D eigenvalue weighted by atomic mass is 10.2. The Morgan fingerprint density at radius 1 is 1.53 bits per heavy atom. The Hall–Kier alpha value is -1.13. The molecule has 0 heterocycles. The molecule has 0 atom stereocenters. The van der Waals surface area contributed by atoms with Crippen molar-refractivity contribution in [3.63, 3.8) is 0 Å². The number of rotatable bonds is 6. The maximum atomic E-state index is 13.5. The van der Waals surface area contributed by atoms with E-state index in [2.05, 4.69) is 0 Å². The van der Waals surface area contributed by atoms with Crippen LogP contribution in [0.15, 0.2) is 18.2 Å². The fourth-order valence-electron chi connectivity index (χ4n) is 1.51. The van der Waals surface area contributed by atoms with Gasteiger partial charge in [0.2, 0.25) is 0 Å². The molecule has 1 aromatic rings. The van der Waals surface area contributed by atoms with Crippen molar-refractivity contribution in [1.29, 1.82) is 0 Å². The number of nitrogens with zero attached hydrogens (tertiary/aromatic N) is 1. The minimum Gasteiger partial charge on any atom is -0.481 e. The van der Waals surface area contributed by atoms with Gasteiger partial charge in [0.1, 0.15) is 5.82 Å². The molecule has 17 heavy (non-hydrogen) atoms. The highest BCUT2D eigenvalue weighted by molar-refractivity contribution is 6.30. The summed E-state index contributed by atoms with van der Waals surface area (Å²) in [6.07, 6.45) is 0.0516. The van der Waals surface area contributed by atoms with E-state index < -0.39 is 5.97 Å². The number of hydrogen-bond donors (Lipinski definition) is 1. The Balaban J connectivity index is 2.66. The van der Waals surface area contributed by atoms with Crippen molar-refractivity contribution in [2.45, 2.75) is 19.9 Å². The Kier molecular flexibility index (Phi) is 5.38. The van der Waals surface area contributed by atoms with E-state index in [1.165, 1.54) is 12.1 Å². The second-order valence-electron chi connectivity index (χ2n) is 3.75. The second kappa shape index (κ2) is 6.57. The van der Waals surface area contributed by atoms with Crippen LogP contribution in [-0.2, 0) is 11.3 Å². The van der Waals surface area contributed by atoms with E-state index in [1.54, 1.807) is 6.07 Å². The number of carbonyl (C=O) groups is 1. The molecule has 1 rings (SSSR count). The van der Waals surface area contributed by atoms with Gasteiger partial charge in [-0.2, -0.15) is 0 Å². The molecule has 0 radical (unpaired) electrons. The maximum absolute atomic E-state index is 13.5. The summed E-state index contributed by atoms with van der Waals surface area (Å²) in [5, 5.41) is 9.08. The summed E-state index contributed by atoms with van der Waals surface area (Å²) in [6, 6.07) is 4.39. The van der Waals surface area contributed by atoms with Crippen LogP contribution >= 0.6 is 11.6 Å². The summed E-state index contributed by atoms with van der Waals surface area (Å²) < 4.78 is 13.5. The molecular formula is C12H15ClFNO2. The molecule has 1 N–H and O–H groups in total. The highest BCUT2D eigenvalue weighted by atomic mass is 35.5. The molecule has 0 aliphatic heterocycles. The SMILES string of the molecule is CCN(CCC(=O)O)Cc1cc(Cl)ccc1F. The summed E-state index contributed by atoms with van der Waals surface area (Å²) in [4.78, 5) is 12.3. The Morgan fingerprint density at radius 3 is 2.82 bits per heavy atom. The van der Waals surface area contributed by atoms with Gasteiger partial charge >= 0.3 is 5.97 Å². The zero-order valence-corrected chi connectivity index (χ0v) is 10.4. The molecule has 0 bridgehead atoms. The highest BCUT2D eigenvalue weighted by Gasteiger charge is 2.10. The molecule has 1 aromatic carbocycles. The van der Waals surface area contributed by atoms with E-state index in [-0.39, 0.29) is 12.2 Å². The van der Waals surface area contributed by atoms with E-state index >= 15 is 0 Å². The summed E-state index contributed by atoms with van der Waals surface area (Å²) in [5.74, 6) is -1.17. The smallest absolute Gasteiger partial charge is 0.304 e. The van der Waals surface area contributed by atoms with E-state index in [0.717, 1.165) is 0 Å². The van der Waals surface area contributed by atoms with Gasteiger partial charge < -0.3 is 5.11 Å². The van der Waals surface area contributed by atoms with Crippen LogP contribution in [0.4, 0.5) is 4.39 Å². The van der Waals surface area contributed by atoms with Gasteiger partial charge in [0, 0.05) is 23.7 Å². The summed E-state index contributed by atoms with van der Waals surface area (Å²) in [5.41, 5.74) is 0.490. The first kappa shape index (κ1) is 13.9. The van der Waals surface area contributed by atoms with Crippen LogP contribution in [-0.4, -0.2) is 29.1 Å². The molecule has 0 aliphatic carbocycles. The van der Waals surface area contributed by atoms with Gasteiger partial charge in [-0.1, -0.05) is 18.5 Å². The normalized spacial score (nSPS) is 10.8. The van der Waals surface area contributed by atoms with Crippen molar-refractivity contribution in [2.75, 3.05) is 13.1 Å². The molecule has 5 heteroatoms. The van der Waals surface area contributed by atoms with Crippen LogP contribution in [0.1, 0.15) is 18.9 Å². The lowest BCUT2D eigenvalue weighted by Gasteiger charge is -2.19. The van der Waals surface area contributed by atoms with Crippen molar-refractivity contribution in [1.82, 2.24) is 4.90 Å². The van der Waals surface area contributed by atoms with Gasteiger partial charge in [-0.05, 0) is 24.7 Å². The van der Waals surface area contributed by atoms with Crippen molar-refractivity contribution in [2.24, 2.45) is 0 Å². The quantitative estimate of drug-likeness (QED) is 0.854.